The van der Waals surface area contributed by atoms with Crippen LogP contribution in [0.4, 0.5) is 10.1 Å². The third kappa shape index (κ3) is 4.66. The van der Waals surface area contributed by atoms with E-state index in [1.807, 2.05) is 84.9 Å². The quantitative estimate of drug-likeness (QED) is 0.271. The van der Waals surface area contributed by atoms with Gasteiger partial charge in [-0.05, 0) is 41.5 Å². The highest BCUT2D eigenvalue weighted by Crippen LogP contribution is 2.44. The first-order valence-corrected chi connectivity index (χ1v) is 13.0. The van der Waals surface area contributed by atoms with Gasteiger partial charge in [-0.3, -0.25) is 4.31 Å². The second-order valence-corrected chi connectivity index (χ2v) is 10.2. The summed E-state index contributed by atoms with van der Waals surface area (Å²) < 4.78 is 41.8. The van der Waals surface area contributed by atoms with Crippen molar-refractivity contribution in [3.05, 3.63) is 121 Å². The molecule has 0 fully saturated rings. The maximum Gasteiger partial charge on any atom is 0.232 e. The molecule has 4 nitrogen and oxygen atoms in total. The van der Waals surface area contributed by atoms with Crippen LogP contribution >= 0.6 is 0 Å². The number of aromatic nitrogens is 1. The van der Waals surface area contributed by atoms with Gasteiger partial charge in [-0.15, -0.1) is 0 Å². The number of para-hydroxylation sites is 1. The maximum absolute atomic E-state index is 13.8. The minimum Gasteiger partial charge on any atom is -0.265 e. The predicted molar refractivity (Wildman–Crippen MR) is 140 cm³/mol. The van der Waals surface area contributed by atoms with E-state index in [9.17, 15) is 12.8 Å². The molecule has 0 saturated carbocycles. The van der Waals surface area contributed by atoms with Crippen molar-refractivity contribution in [3.8, 4) is 22.4 Å². The van der Waals surface area contributed by atoms with E-state index in [1.54, 1.807) is 12.1 Å². The molecule has 0 aliphatic rings. The van der Waals surface area contributed by atoms with E-state index < -0.39 is 10.0 Å². The summed E-state index contributed by atoms with van der Waals surface area (Å²) in [6, 6.07) is 32.7. The van der Waals surface area contributed by atoms with E-state index in [0.717, 1.165) is 16.5 Å². The van der Waals surface area contributed by atoms with E-state index in [0.29, 0.717) is 28.0 Å². The van der Waals surface area contributed by atoms with Crippen molar-refractivity contribution in [3.63, 3.8) is 0 Å². The third-order valence-electron chi connectivity index (χ3n) is 5.86. The summed E-state index contributed by atoms with van der Waals surface area (Å²) in [6.45, 7) is 0.163. The Balaban J connectivity index is 1.90. The zero-order valence-electron chi connectivity index (χ0n) is 19.1. The van der Waals surface area contributed by atoms with Crippen molar-refractivity contribution in [2.45, 2.75) is 6.54 Å². The third-order valence-corrected chi connectivity index (χ3v) is 6.98. The highest BCUT2D eigenvalue weighted by atomic mass is 32.2. The largest absolute Gasteiger partial charge is 0.265 e. The molecule has 0 N–H and O–H groups in total. The van der Waals surface area contributed by atoms with Crippen molar-refractivity contribution in [1.29, 1.82) is 0 Å². The molecule has 0 bridgehead atoms. The maximum atomic E-state index is 13.8. The number of benzene rings is 4. The van der Waals surface area contributed by atoms with Crippen molar-refractivity contribution in [2.75, 3.05) is 10.6 Å². The number of rotatable bonds is 6. The second-order valence-electron chi connectivity index (χ2n) is 8.33. The number of anilines is 1. The Morgan fingerprint density at radius 1 is 0.743 bits per heavy atom. The van der Waals surface area contributed by atoms with E-state index >= 15 is 0 Å². The summed E-state index contributed by atoms with van der Waals surface area (Å²) >= 11 is 0. The number of fused-ring (bicyclic) bond motifs is 1. The van der Waals surface area contributed by atoms with Gasteiger partial charge < -0.3 is 0 Å². The first-order valence-electron chi connectivity index (χ1n) is 11.2. The van der Waals surface area contributed by atoms with Crippen molar-refractivity contribution < 1.29 is 12.8 Å². The molecule has 0 amide bonds. The molecule has 0 aliphatic carbocycles. The molecular formula is C29H23FN2O2S. The number of sulfonamides is 1. The lowest BCUT2D eigenvalue weighted by Crippen LogP contribution is -2.30. The zero-order valence-corrected chi connectivity index (χ0v) is 19.9. The molecule has 4 aromatic carbocycles. The van der Waals surface area contributed by atoms with Crippen LogP contribution in [-0.2, 0) is 16.6 Å². The fraction of sp³-hybridized carbons (Fsp3) is 0.0690. The molecule has 1 heterocycles. The summed E-state index contributed by atoms with van der Waals surface area (Å²) in [5, 5.41) is 0.721. The Labute approximate surface area is 204 Å². The van der Waals surface area contributed by atoms with Gasteiger partial charge in [0.05, 0.1) is 29.7 Å². The van der Waals surface area contributed by atoms with Crippen molar-refractivity contribution >= 4 is 26.6 Å². The topological polar surface area (TPSA) is 50.3 Å². The first-order chi connectivity index (χ1) is 16.9. The lowest BCUT2D eigenvalue weighted by atomic mass is 9.95. The molecular weight excluding hydrogens is 459 g/mol. The average molecular weight is 483 g/mol. The van der Waals surface area contributed by atoms with Gasteiger partial charge in [-0.2, -0.15) is 0 Å². The molecule has 0 atom stereocenters. The van der Waals surface area contributed by atoms with Crippen molar-refractivity contribution in [1.82, 2.24) is 4.98 Å². The summed E-state index contributed by atoms with van der Waals surface area (Å²) in [7, 11) is -3.70. The predicted octanol–water partition coefficient (Wildman–Crippen LogP) is 6.67. The highest BCUT2D eigenvalue weighted by molar-refractivity contribution is 7.92. The van der Waals surface area contributed by atoms with Crippen LogP contribution in [0.2, 0.25) is 0 Å². The van der Waals surface area contributed by atoms with Gasteiger partial charge in [-0.1, -0.05) is 78.9 Å². The van der Waals surface area contributed by atoms with Crippen LogP contribution in [-0.4, -0.2) is 19.7 Å². The molecule has 1 aromatic heterocycles. The van der Waals surface area contributed by atoms with Crippen LogP contribution in [0.25, 0.3) is 33.3 Å². The average Bonchev–Trinajstić information content (AvgIpc) is 2.87. The lowest BCUT2D eigenvalue weighted by Gasteiger charge is -2.28. The SMILES string of the molecule is CS(=O)(=O)N(Cc1ccccc1)c1c(-c2ccccc2)c(-c2ccc(F)cc2)nc2ccccc12. The van der Waals surface area contributed by atoms with E-state index in [1.165, 1.54) is 22.7 Å². The Hall–Kier alpha value is -4.03. The second kappa shape index (κ2) is 9.31. The Bertz CT molecular complexity index is 1590. The van der Waals surface area contributed by atoms with Crippen LogP contribution in [0.5, 0.6) is 0 Å². The van der Waals surface area contributed by atoms with Gasteiger partial charge in [0, 0.05) is 16.5 Å². The van der Waals surface area contributed by atoms with E-state index in [-0.39, 0.29) is 12.4 Å². The van der Waals surface area contributed by atoms with Gasteiger partial charge in [0.2, 0.25) is 10.0 Å². The van der Waals surface area contributed by atoms with Crippen LogP contribution < -0.4 is 4.31 Å². The number of hydrogen-bond donors (Lipinski definition) is 0. The number of pyridine rings is 1. The molecule has 5 rings (SSSR count). The van der Waals surface area contributed by atoms with Crippen molar-refractivity contribution in [2.24, 2.45) is 0 Å². The fourth-order valence-electron chi connectivity index (χ4n) is 4.26. The molecule has 6 heteroatoms. The highest BCUT2D eigenvalue weighted by Gasteiger charge is 2.27. The minimum absolute atomic E-state index is 0.163. The molecule has 0 unspecified atom stereocenters. The van der Waals surface area contributed by atoms with Crippen LogP contribution in [0.1, 0.15) is 5.56 Å². The molecule has 0 spiro atoms. The summed E-state index contributed by atoms with van der Waals surface area (Å²) in [4.78, 5) is 4.94. The van der Waals surface area contributed by atoms with Gasteiger partial charge >= 0.3 is 0 Å². The van der Waals surface area contributed by atoms with E-state index in [4.69, 9.17) is 4.98 Å². The van der Waals surface area contributed by atoms with E-state index in [2.05, 4.69) is 0 Å². The molecule has 0 saturated heterocycles. The molecule has 0 aliphatic heterocycles. The molecule has 0 radical (unpaired) electrons. The van der Waals surface area contributed by atoms with Gasteiger partial charge in [-0.25, -0.2) is 17.8 Å². The zero-order chi connectivity index (χ0) is 24.4. The molecule has 174 valence electrons. The van der Waals surface area contributed by atoms with Gasteiger partial charge in [0.1, 0.15) is 5.82 Å². The molecule has 35 heavy (non-hydrogen) atoms. The smallest absolute Gasteiger partial charge is 0.232 e. The van der Waals surface area contributed by atoms with Crippen LogP contribution in [0, 0.1) is 5.82 Å². The number of hydrogen-bond acceptors (Lipinski definition) is 3. The van der Waals surface area contributed by atoms with Crippen LogP contribution in [0.15, 0.2) is 109 Å². The first kappa shape index (κ1) is 22.7. The summed E-state index contributed by atoms with van der Waals surface area (Å²) in [5.41, 5.74) is 4.85. The lowest BCUT2D eigenvalue weighted by molar-refractivity contribution is 0.596. The summed E-state index contributed by atoms with van der Waals surface area (Å²) in [6.07, 6.45) is 1.22. The van der Waals surface area contributed by atoms with Gasteiger partial charge in [0.15, 0.2) is 0 Å². The molecule has 5 aromatic rings. The minimum atomic E-state index is -3.70. The standard InChI is InChI=1S/C29H23FN2O2S/c1-35(33,34)32(20-21-10-4-2-5-11-21)29-25-14-8-9-15-26(25)31-28(23-16-18-24(30)19-17-23)27(29)22-12-6-3-7-13-22/h2-19H,20H2,1H3. The normalized spacial score (nSPS) is 11.5. The van der Waals surface area contributed by atoms with Crippen LogP contribution in [0.3, 0.4) is 0 Å². The number of halogens is 1. The Kier molecular flexibility index (Phi) is 6.05. The fourth-order valence-corrected chi connectivity index (χ4v) is 5.16. The monoisotopic (exact) mass is 482 g/mol. The Morgan fingerprint density at radius 2 is 1.34 bits per heavy atom. The number of nitrogens with zero attached hydrogens (tertiary/aromatic N) is 2. The Morgan fingerprint density at radius 3 is 2.00 bits per heavy atom. The summed E-state index contributed by atoms with van der Waals surface area (Å²) in [5.74, 6) is -0.349. The van der Waals surface area contributed by atoms with Gasteiger partial charge in [0.25, 0.3) is 0 Å².